The summed E-state index contributed by atoms with van der Waals surface area (Å²) in [6, 6.07) is 0.332. The summed E-state index contributed by atoms with van der Waals surface area (Å²) < 4.78 is 4.88. The Balaban J connectivity index is 0.000000281. The van der Waals surface area contributed by atoms with Gasteiger partial charge in [0, 0.05) is 17.0 Å². The molecule has 1 atom stereocenters. The SMILES string of the molecule is C1CCC(NC2CCCCC2)CC1.CC(C)(C)OC(=O)C[C@H](N=[N+]=[N-])C(=O)O. The van der Waals surface area contributed by atoms with Gasteiger partial charge in [0.2, 0.25) is 0 Å². The van der Waals surface area contributed by atoms with Crippen LogP contribution in [0.15, 0.2) is 5.11 Å². The molecule has 0 heterocycles. The van der Waals surface area contributed by atoms with E-state index in [2.05, 4.69) is 15.3 Å². The van der Waals surface area contributed by atoms with Crippen LogP contribution in [0, 0.1) is 0 Å². The first-order valence-corrected chi connectivity index (χ1v) is 10.5. The Morgan fingerprint density at radius 2 is 1.54 bits per heavy atom. The first-order chi connectivity index (χ1) is 13.2. The van der Waals surface area contributed by atoms with Crippen LogP contribution in [0.3, 0.4) is 0 Å². The summed E-state index contributed by atoms with van der Waals surface area (Å²) in [6.45, 7) is 4.98. The van der Waals surface area contributed by atoms with Gasteiger partial charge in [-0.05, 0) is 52.0 Å². The molecule has 0 amide bonds. The van der Waals surface area contributed by atoms with Crippen molar-refractivity contribution in [1.82, 2.24) is 5.32 Å². The molecule has 0 aliphatic heterocycles. The van der Waals surface area contributed by atoms with Crippen LogP contribution in [0.4, 0.5) is 0 Å². The molecule has 0 radical (unpaired) electrons. The number of nitrogens with zero attached hydrogens (tertiary/aromatic N) is 3. The van der Waals surface area contributed by atoms with E-state index < -0.39 is 30.0 Å². The highest BCUT2D eigenvalue weighted by atomic mass is 16.6. The molecule has 0 spiro atoms. The number of esters is 1. The molecule has 0 aromatic rings. The van der Waals surface area contributed by atoms with Gasteiger partial charge in [0.1, 0.15) is 11.6 Å². The fourth-order valence-corrected chi connectivity index (χ4v) is 3.65. The molecule has 2 rings (SSSR count). The summed E-state index contributed by atoms with van der Waals surface area (Å²) in [7, 11) is 0. The molecule has 0 bridgehead atoms. The molecule has 160 valence electrons. The smallest absolute Gasteiger partial charge is 0.313 e. The normalized spacial score (nSPS) is 19.5. The number of ether oxygens (including phenoxy) is 1. The van der Waals surface area contributed by atoms with Gasteiger partial charge in [-0.25, -0.2) is 0 Å². The van der Waals surface area contributed by atoms with Crippen LogP contribution < -0.4 is 5.32 Å². The average molecular weight is 397 g/mol. The van der Waals surface area contributed by atoms with Crippen molar-refractivity contribution in [2.45, 2.75) is 115 Å². The number of carboxylic acid groups (broad SMARTS) is 1. The van der Waals surface area contributed by atoms with Crippen LogP contribution in [-0.2, 0) is 14.3 Å². The van der Waals surface area contributed by atoms with Gasteiger partial charge in [-0.1, -0.05) is 43.6 Å². The number of carbonyl (C=O) groups excluding carboxylic acids is 1. The summed E-state index contributed by atoms with van der Waals surface area (Å²) in [4.78, 5) is 24.0. The first kappa shape index (κ1) is 24.2. The maximum absolute atomic E-state index is 11.2. The number of hydrogen-bond donors (Lipinski definition) is 2. The van der Waals surface area contributed by atoms with Gasteiger partial charge in [-0.3, -0.25) is 9.59 Å². The van der Waals surface area contributed by atoms with Gasteiger partial charge in [-0.2, -0.15) is 0 Å². The van der Waals surface area contributed by atoms with Gasteiger partial charge in [0.05, 0.1) is 6.42 Å². The van der Waals surface area contributed by atoms with E-state index in [0.29, 0.717) is 0 Å². The van der Waals surface area contributed by atoms with Gasteiger partial charge in [0.25, 0.3) is 0 Å². The Kier molecular flexibility index (Phi) is 10.9. The summed E-state index contributed by atoms with van der Waals surface area (Å²) in [5, 5.41) is 15.4. The molecule has 2 saturated carbocycles. The second kappa shape index (κ2) is 12.6. The van der Waals surface area contributed by atoms with E-state index in [1.165, 1.54) is 64.2 Å². The summed E-state index contributed by atoms with van der Waals surface area (Å²) in [6.07, 6.45) is 14.1. The second-order valence-corrected chi connectivity index (χ2v) is 8.69. The Morgan fingerprint density at radius 3 is 1.89 bits per heavy atom. The van der Waals surface area contributed by atoms with Crippen LogP contribution in [0.1, 0.15) is 91.4 Å². The van der Waals surface area contributed by atoms with E-state index in [9.17, 15) is 9.59 Å². The predicted octanol–water partition coefficient (Wildman–Crippen LogP) is 4.72. The lowest BCUT2D eigenvalue weighted by molar-refractivity contribution is -0.157. The van der Waals surface area contributed by atoms with Gasteiger partial charge < -0.3 is 15.2 Å². The third-order valence-electron chi connectivity index (χ3n) is 4.94. The lowest BCUT2D eigenvalue weighted by Crippen LogP contribution is -2.40. The molecule has 8 nitrogen and oxygen atoms in total. The van der Waals surface area contributed by atoms with E-state index in [-0.39, 0.29) is 0 Å². The highest BCUT2D eigenvalue weighted by molar-refractivity contribution is 5.81. The van der Waals surface area contributed by atoms with Crippen LogP contribution in [0.25, 0.3) is 10.4 Å². The molecule has 0 saturated heterocycles. The fourth-order valence-electron chi connectivity index (χ4n) is 3.65. The molecule has 2 aliphatic carbocycles. The maximum atomic E-state index is 11.2. The number of rotatable bonds is 6. The summed E-state index contributed by atoms with van der Waals surface area (Å²) in [5.41, 5.74) is 7.39. The van der Waals surface area contributed by atoms with E-state index >= 15 is 0 Å². The Labute approximate surface area is 168 Å². The maximum Gasteiger partial charge on any atom is 0.313 e. The lowest BCUT2D eigenvalue weighted by atomic mass is 9.91. The second-order valence-electron chi connectivity index (χ2n) is 8.69. The van der Waals surface area contributed by atoms with E-state index in [4.69, 9.17) is 15.4 Å². The topological polar surface area (TPSA) is 124 Å². The summed E-state index contributed by atoms with van der Waals surface area (Å²) in [5.74, 6) is -2.05. The number of hydrogen-bond acceptors (Lipinski definition) is 5. The Morgan fingerprint density at radius 1 is 1.07 bits per heavy atom. The minimum Gasteiger partial charge on any atom is -0.481 e. The molecule has 0 unspecified atom stereocenters. The monoisotopic (exact) mass is 396 g/mol. The highest BCUT2D eigenvalue weighted by Crippen LogP contribution is 2.22. The van der Waals surface area contributed by atoms with E-state index in [0.717, 1.165) is 12.1 Å². The molecule has 2 N–H and O–H groups in total. The largest absolute Gasteiger partial charge is 0.481 e. The quantitative estimate of drug-likeness (QED) is 0.291. The standard InChI is InChI=1S/C12H23N.C8H13N3O4/c1-3-7-11(8-4-1)13-12-9-5-2-6-10-12;1-8(2,3)15-6(12)4-5(7(13)14)10-11-9/h11-13H,1-10H2;5H,4H2,1-3H3,(H,13,14)/t;5-/m.0/s1. The van der Waals surface area contributed by atoms with Gasteiger partial charge in [0.15, 0.2) is 0 Å². The van der Waals surface area contributed by atoms with Gasteiger partial charge >= 0.3 is 11.9 Å². The zero-order valence-electron chi connectivity index (χ0n) is 17.5. The van der Waals surface area contributed by atoms with Crippen molar-refractivity contribution in [2.24, 2.45) is 5.11 Å². The van der Waals surface area contributed by atoms with Crippen molar-refractivity contribution >= 4 is 11.9 Å². The van der Waals surface area contributed by atoms with Crippen LogP contribution in [-0.4, -0.2) is 40.8 Å². The Bertz CT molecular complexity index is 511. The van der Waals surface area contributed by atoms with Crippen molar-refractivity contribution in [3.63, 3.8) is 0 Å². The number of azide groups is 1. The molecule has 8 heteroatoms. The third-order valence-corrected chi connectivity index (χ3v) is 4.94. The molecule has 2 fully saturated rings. The van der Waals surface area contributed by atoms with Crippen molar-refractivity contribution in [2.75, 3.05) is 0 Å². The van der Waals surface area contributed by atoms with Gasteiger partial charge in [-0.15, -0.1) is 0 Å². The van der Waals surface area contributed by atoms with Crippen molar-refractivity contribution < 1.29 is 19.4 Å². The number of nitrogens with one attached hydrogen (secondary N) is 1. The van der Waals surface area contributed by atoms with Crippen LogP contribution >= 0.6 is 0 Å². The number of aliphatic carboxylic acids is 1. The molecular formula is C20H36N4O4. The molecular weight excluding hydrogens is 360 g/mol. The van der Waals surface area contributed by atoms with E-state index in [1.54, 1.807) is 20.8 Å². The van der Waals surface area contributed by atoms with Crippen LogP contribution in [0.2, 0.25) is 0 Å². The molecule has 28 heavy (non-hydrogen) atoms. The number of carbonyl (C=O) groups is 2. The molecule has 0 aromatic carbocycles. The minimum absolute atomic E-state index is 0.462. The molecule has 0 aromatic heterocycles. The summed E-state index contributed by atoms with van der Waals surface area (Å²) >= 11 is 0. The lowest BCUT2D eigenvalue weighted by Gasteiger charge is -2.30. The van der Waals surface area contributed by atoms with Crippen molar-refractivity contribution in [3.8, 4) is 0 Å². The number of carboxylic acids is 1. The fraction of sp³-hybridized carbons (Fsp3) is 0.900. The average Bonchev–Trinajstić information content (AvgIpc) is 2.62. The molecule has 2 aliphatic rings. The van der Waals surface area contributed by atoms with Crippen LogP contribution in [0.5, 0.6) is 0 Å². The zero-order valence-corrected chi connectivity index (χ0v) is 17.5. The third kappa shape index (κ3) is 11.1. The zero-order chi connectivity index (χ0) is 21.0. The van der Waals surface area contributed by atoms with Crippen molar-refractivity contribution in [3.05, 3.63) is 10.4 Å². The van der Waals surface area contributed by atoms with E-state index in [1.807, 2.05) is 0 Å². The minimum atomic E-state index is -1.41. The van der Waals surface area contributed by atoms with Crippen molar-refractivity contribution in [1.29, 1.82) is 0 Å². The Hall–Kier alpha value is -1.79. The predicted molar refractivity (Wildman–Crippen MR) is 108 cm³/mol. The highest BCUT2D eigenvalue weighted by Gasteiger charge is 2.24. The first-order valence-electron chi connectivity index (χ1n) is 10.5.